The molecule has 2 amide bonds. The molecule has 4 aliphatic rings. The Balaban J connectivity index is 1.13. The van der Waals surface area contributed by atoms with Gasteiger partial charge in [-0.25, -0.2) is 9.78 Å². The molecule has 3 saturated heterocycles. The van der Waals surface area contributed by atoms with E-state index in [1.54, 1.807) is 12.4 Å². The van der Waals surface area contributed by atoms with Crippen LogP contribution in [0.1, 0.15) is 67.4 Å². The van der Waals surface area contributed by atoms with Gasteiger partial charge >= 0.3 is 6.09 Å². The van der Waals surface area contributed by atoms with Crippen LogP contribution in [0.5, 0.6) is 0 Å². The van der Waals surface area contributed by atoms with Gasteiger partial charge < -0.3 is 19.4 Å². The standard InChI is InChI=1S/C34H37N5O4/c1-20-8-9-23(38-18-24-15-25(19-38)39(24)32(41)43-33(3,4)5)16-27(20)31(40)37-34(10-11-34)28-13-22(30-17-36-21(2)42-30)14-29-26(28)7-6-12-35-29/h6-9,12-14,16-17,24-25H,10-11,15,18-19H2,1-5H3,(H,37,40). The van der Waals surface area contributed by atoms with E-state index in [9.17, 15) is 9.59 Å². The number of hydrogen-bond acceptors (Lipinski definition) is 7. The first kappa shape index (κ1) is 27.4. The van der Waals surface area contributed by atoms with Crippen LogP contribution in [-0.4, -0.2) is 57.6 Å². The number of rotatable bonds is 5. The van der Waals surface area contributed by atoms with E-state index < -0.39 is 11.1 Å². The predicted octanol–water partition coefficient (Wildman–Crippen LogP) is 6.12. The van der Waals surface area contributed by atoms with E-state index in [-0.39, 0.29) is 24.1 Å². The van der Waals surface area contributed by atoms with Crippen molar-refractivity contribution >= 4 is 28.6 Å². The van der Waals surface area contributed by atoms with E-state index in [0.29, 0.717) is 17.2 Å². The molecule has 0 radical (unpaired) electrons. The minimum atomic E-state index is -0.516. The van der Waals surface area contributed by atoms with Crippen molar-refractivity contribution in [2.24, 2.45) is 0 Å². The average molecular weight is 580 g/mol. The van der Waals surface area contributed by atoms with Gasteiger partial charge in [0.2, 0.25) is 0 Å². The molecule has 9 nitrogen and oxygen atoms in total. The molecule has 9 heteroatoms. The van der Waals surface area contributed by atoms with E-state index in [0.717, 1.165) is 65.6 Å². The van der Waals surface area contributed by atoms with E-state index >= 15 is 0 Å². The van der Waals surface area contributed by atoms with E-state index in [1.165, 1.54) is 0 Å². The van der Waals surface area contributed by atoms with Crippen molar-refractivity contribution in [3.8, 4) is 11.3 Å². The van der Waals surface area contributed by atoms with Crippen LogP contribution in [0, 0.1) is 13.8 Å². The van der Waals surface area contributed by atoms with Crippen LogP contribution in [0.4, 0.5) is 10.5 Å². The zero-order chi connectivity index (χ0) is 30.1. The summed E-state index contributed by atoms with van der Waals surface area (Å²) >= 11 is 0. The van der Waals surface area contributed by atoms with Gasteiger partial charge in [0.1, 0.15) is 5.60 Å². The number of carbonyl (C=O) groups is 2. The Hall–Kier alpha value is -4.40. The predicted molar refractivity (Wildman–Crippen MR) is 164 cm³/mol. The molecule has 2 atom stereocenters. The lowest BCUT2D eigenvalue weighted by Crippen LogP contribution is -2.70. The molecule has 5 heterocycles. The van der Waals surface area contributed by atoms with Gasteiger partial charge in [0.25, 0.3) is 5.91 Å². The van der Waals surface area contributed by atoms with Crippen molar-refractivity contribution in [1.82, 2.24) is 20.2 Å². The molecule has 3 aliphatic heterocycles. The molecule has 222 valence electrons. The summed E-state index contributed by atoms with van der Waals surface area (Å²) in [6.45, 7) is 10.9. The quantitative estimate of drug-likeness (QED) is 0.304. The number of anilines is 1. The van der Waals surface area contributed by atoms with Crippen molar-refractivity contribution in [3.05, 3.63) is 77.4 Å². The second-order valence-corrected chi connectivity index (χ2v) is 13.2. The Morgan fingerprint density at radius 3 is 2.49 bits per heavy atom. The number of nitrogens with one attached hydrogen (secondary N) is 1. The monoisotopic (exact) mass is 579 g/mol. The number of pyridine rings is 1. The molecule has 1 saturated carbocycles. The van der Waals surface area contributed by atoms with Gasteiger partial charge in [0.05, 0.1) is 29.3 Å². The third kappa shape index (κ3) is 5.00. The van der Waals surface area contributed by atoms with Crippen LogP contribution in [0.3, 0.4) is 0 Å². The number of fused-ring (bicyclic) bond motifs is 3. The highest BCUT2D eigenvalue weighted by Gasteiger charge is 2.49. The lowest BCUT2D eigenvalue weighted by atomic mass is 9.87. The second kappa shape index (κ2) is 9.82. The van der Waals surface area contributed by atoms with Gasteiger partial charge in [-0.2, -0.15) is 0 Å². The second-order valence-electron chi connectivity index (χ2n) is 13.2. The number of piperazine rings is 1. The van der Waals surface area contributed by atoms with Crippen LogP contribution < -0.4 is 10.2 Å². The Kier molecular flexibility index (Phi) is 6.27. The van der Waals surface area contributed by atoms with Gasteiger partial charge in [-0.3, -0.25) is 14.7 Å². The highest BCUT2D eigenvalue weighted by molar-refractivity contribution is 5.98. The number of ether oxygens (including phenoxy) is 1. The Labute approximate surface area is 251 Å². The van der Waals surface area contributed by atoms with E-state index in [4.69, 9.17) is 9.15 Å². The highest BCUT2D eigenvalue weighted by atomic mass is 16.6. The number of amides is 2. The molecular weight excluding hydrogens is 542 g/mol. The topological polar surface area (TPSA) is 101 Å². The zero-order valence-corrected chi connectivity index (χ0v) is 25.3. The Morgan fingerprint density at radius 1 is 1.05 bits per heavy atom. The molecule has 4 fully saturated rings. The first-order chi connectivity index (χ1) is 20.5. The van der Waals surface area contributed by atoms with Crippen molar-refractivity contribution in [2.45, 2.75) is 77.1 Å². The molecule has 0 spiro atoms. The summed E-state index contributed by atoms with van der Waals surface area (Å²) in [4.78, 5) is 39.7. The maximum Gasteiger partial charge on any atom is 0.410 e. The fraction of sp³-hybridized carbons (Fsp3) is 0.412. The molecule has 2 unspecified atom stereocenters. The van der Waals surface area contributed by atoms with Crippen LogP contribution in [0.2, 0.25) is 0 Å². The number of hydrogen-bond donors (Lipinski definition) is 1. The SMILES string of the molecule is Cc1ncc(-c2cc(C3(NC(=O)c4cc(N5CC6CC(C5)N6C(=O)OC(C)(C)C)ccc4C)CC3)c3cccnc3c2)o1. The lowest BCUT2D eigenvalue weighted by molar-refractivity contribution is -0.0379. The molecule has 43 heavy (non-hydrogen) atoms. The molecule has 2 aromatic heterocycles. The van der Waals surface area contributed by atoms with Crippen LogP contribution in [0.15, 0.2) is 59.3 Å². The molecule has 4 aromatic rings. The van der Waals surface area contributed by atoms with Gasteiger partial charge in [-0.05, 0) is 88.4 Å². The molecule has 8 rings (SSSR count). The Morgan fingerprint density at radius 2 is 1.81 bits per heavy atom. The van der Waals surface area contributed by atoms with Crippen LogP contribution in [-0.2, 0) is 10.3 Å². The number of aromatic nitrogens is 2. The third-order valence-electron chi connectivity index (χ3n) is 8.87. The fourth-order valence-corrected chi connectivity index (χ4v) is 6.57. The summed E-state index contributed by atoms with van der Waals surface area (Å²) in [5.74, 6) is 1.19. The van der Waals surface area contributed by atoms with Crippen molar-refractivity contribution in [1.29, 1.82) is 0 Å². The summed E-state index contributed by atoms with van der Waals surface area (Å²) < 4.78 is 11.5. The minimum Gasteiger partial charge on any atom is -0.444 e. The molecular formula is C34H37N5O4. The maximum atomic E-state index is 13.9. The Bertz CT molecular complexity index is 1740. The number of nitrogens with zero attached hydrogens (tertiary/aromatic N) is 4. The van der Waals surface area contributed by atoms with Crippen LogP contribution in [0.25, 0.3) is 22.2 Å². The lowest BCUT2D eigenvalue weighted by Gasteiger charge is -2.56. The summed E-state index contributed by atoms with van der Waals surface area (Å²) in [7, 11) is 0. The third-order valence-corrected chi connectivity index (χ3v) is 8.87. The fourth-order valence-electron chi connectivity index (χ4n) is 6.57. The molecule has 1 aliphatic carbocycles. The number of oxazole rings is 1. The summed E-state index contributed by atoms with van der Waals surface area (Å²) in [6, 6.07) is 14.4. The van der Waals surface area contributed by atoms with E-state index in [2.05, 4.69) is 38.4 Å². The summed E-state index contributed by atoms with van der Waals surface area (Å²) in [5.41, 5.74) is 4.38. The zero-order valence-electron chi connectivity index (χ0n) is 25.3. The number of piperidine rings is 1. The van der Waals surface area contributed by atoms with Gasteiger partial charge in [-0.15, -0.1) is 0 Å². The van der Waals surface area contributed by atoms with Crippen LogP contribution >= 0.6 is 0 Å². The molecule has 2 bridgehead atoms. The first-order valence-corrected chi connectivity index (χ1v) is 15.0. The molecule has 2 aromatic carbocycles. The van der Waals surface area contributed by atoms with E-state index in [1.807, 2.05) is 63.8 Å². The van der Waals surface area contributed by atoms with Crippen molar-refractivity contribution in [2.75, 3.05) is 18.0 Å². The van der Waals surface area contributed by atoms with Gasteiger partial charge in [0.15, 0.2) is 11.7 Å². The van der Waals surface area contributed by atoms with Crippen molar-refractivity contribution in [3.63, 3.8) is 0 Å². The number of carbonyl (C=O) groups excluding carboxylic acids is 2. The largest absolute Gasteiger partial charge is 0.444 e. The average Bonchev–Trinajstić information content (AvgIpc) is 3.60. The van der Waals surface area contributed by atoms with Crippen molar-refractivity contribution < 1.29 is 18.7 Å². The number of aryl methyl sites for hydroxylation is 2. The number of benzene rings is 2. The highest BCUT2D eigenvalue weighted by Crippen LogP contribution is 2.49. The summed E-state index contributed by atoms with van der Waals surface area (Å²) in [6.07, 6.45) is 5.94. The molecule has 1 N–H and O–H groups in total. The smallest absolute Gasteiger partial charge is 0.410 e. The normalized spacial score (nSPS) is 20.5. The maximum absolute atomic E-state index is 13.9. The first-order valence-electron chi connectivity index (χ1n) is 15.0. The minimum absolute atomic E-state index is 0.0904. The summed E-state index contributed by atoms with van der Waals surface area (Å²) in [5, 5.41) is 4.43. The van der Waals surface area contributed by atoms with Gasteiger partial charge in [0, 0.05) is 48.4 Å². The van der Waals surface area contributed by atoms with Gasteiger partial charge in [-0.1, -0.05) is 12.1 Å².